The second-order valence-electron chi connectivity index (χ2n) is 10.9. The van der Waals surface area contributed by atoms with Crippen LogP contribution in [-0.2, 0) is 20.8 Å². The molecule has 2 fully saturated rings. The van der Waals surface area contributed by atoms with Crippen LogP contribution in [0.25, 0.3) is 0 Å². The Kier molecular flexibility index (Phi) is 8.74. The molecular formula is C29H41N7O3. The third-order valence-corrected chi connectivity index (χ3v) is 7.76. The number of aromatic nitrogens is 1. The van der Waals surface area contributed by atoms with Crippen LogP contribution in [0.4, 0.5) is 17.2 Å². The number of anilines is 3. The summed E-state index contributed by atoms with van der Waals surface area (Å²) in [6, 6.07) is 9.25. The number of hydrogen-bond acceptors (Lipinski definition) is 7. The Morgan fingerprint density at radius 1 is 1.05 bits per heavy atom. The van der Waals surface area contributed by atoms with Crippen LogP contribution in [-0.4, -0.2) is 89.8 Å². The normalized spacial score (nSPS) is 20.3. The van der Waals surface area contributed by atoms with Gasteiger partial charge in [0.25, 0.3) is 0 Å². The highest BCUT2D eigenvalue weighted by molar-refractivity contribution is 6.39. The number of nitrogen functional groups attached to an aromatic ring is 1. The van der Waals surface area contributed by atoms with E-state index < -0.39 is 17.9 Å². The molecule has 0 saturated carbocycles. The number of hydrogen-bond donors (Lipinski definition) is 2. The van der Waals surface area contributed by atoms with Crippen LogP contribution >= 0.6 is 0 Å². The highest BCUT2D eigenvalue weighted by atomic mass is 16.2. The van der Waals surface area contributed by atoms with Crippen LogP contribution in [0.15, 0.2) is 36.5 Å². The molecule has 210 valence electrons. The van der Waals surface area contributed by atoms with E-state index in [1.54, 1.807) is 11.0 Å². The van der Waals surface area contributed by atoms with Crippen molar-refractivity contribution in [3.05, 3.63) is 47.7 Å². The quantitative estimate of drug-likeness (QED) is 0.565. The van der Waals surface area contributed by atoms with Gasteiger partial charge in [-0.2, -0.15) is 0 Å². The lowest BCUT2D eigenvalue weighted by Crippen LogP contribution is -2.59. The van der Waals surface area contributed by atoms with E-state index in [9.17, 15) is 14.4 Å². The summed E-state index contributed by atoms with van der Waals surface area (Å²) in [7, 11) is 2.13. The number of nitrogens with zero attached hydrogens (tertiary/aromatic N) is 5. The molecule has 1 aromatic carbocycles. The average Bonchev–Trinajstić information content (AvgIpc) is 2.93. The van der Waals surface area contributed by atoms with E-state index in [2.05, 4.69) is 39.3 Å². The minimum absolute atomic E-state index is 0.0400. The van der Waals surface area contributed by atoms with Gasteiger partial charge in [0.05, 0.1) is 17.9 Å². The van der Waals surface area contributed by atoms with E-state index in [0.717, 1.165) is 43.0 Å². The zero-order chi connectivity index (χ0) is 28.3. The molecule has 1 aromatic heterocycles. The topological polar surface area (TPSA) is 115 Å². The first-order valence-electron chi connectivity index (χ1n) is 13.8. The van der Waals surface area contributed by atoms with Crippen molar-refractivity contribution in [1.29, 1.82) is 0 Å². The monoisotopic (exact) mass is 535 g/mol. The molecule has 2 aliphatic rings. The number of aryl methyl sites for hydroxylation is 1. The number of piperazine rings is 2. The van der Waals surface area contributed by atoms with E-state index >= 15 is 0 Å². The van der Waals surface area contributed by atoms with E-state index in [0.29, 0.717) is 24.5 Å². The minimum atomic E-state index is -0.737. The number of likely N-dealkylation sites (N-methyl/N-ethyl adjacent to an activating group) is 1. The molecule has 2 aliphatic heterocycles. The second-order valence-corrected chi connectivity index (χ2v) is 10.9. The van der Waals surface area contributed by atoms with Gasteiger partial charge in [0.1, 0.15) is 5.82 Å². The molecule has 2 saturated heterocycles. The van der Waals surface area contributed by atoms with Gasteiger partial charge < -0.3 is 30.7 Å². The van der Waals surface area contributed by atoms with Gasteiger partial charge in [0.15, 0.2) is 0 Å². The zero-order valence-electron chi connectivity index (χ0n) is 23.7. The van der Waals surface area contributed by atoms with Gasteiger partial charge in [0.2, 0.25) is 5.91 Å². The van der Waals surface area contributed by atoms with Crippen molar-refractivity contribution in [3.63, 3.8) is 0 Å². The molecule has 2 aromatic rings. The lowest BCUT2D eigenvalue weighted by atomic mass is 9.97. The van der Waals surface area contributed by atoms with Gasteiger partial charge >= 0.3 is 11.8 Å². The third-order valence-electron chi connectivity index (χ3n) is 7.76. The van der Waals surface area contributed by atoms with Crippen LogP contribution < -0.4 is 16.0 Å². The number of rotatable bonds is 5. The molecule has 0 bridgehead atoms. The second kappa shape index (κ2) is 12.0. The lowest BCUT2D eigenvalue weighted by Gasteiger charge is -2.45. The van der Waals surface area contributed by atoms with Crippen LogP contribution in [0, 0.1) is 5.92 Å². The van der Waals surface area contributed by atoms with Gasteiger partial charge in [-0.1, -0.05) is 32.9 Å². The minimum Gasteiger partial charge on any atom is -0.383 e. The fraction of sp³-hybridized carbons (Fsp3) is 0.517. The first kappa shape index (κ1) is 28.4. The predicted octanol–water partition coefficient (Wildman–Crippen LogP) is 2.37. The molecule has 0 unspecified atom stereocenters. The molecule has 2 atom stereocenters. The van der Waals surface area contributed by atoms with Gasteiger partial charge in [-0.05, 0) is 49.7 Å². The van der Waals surface area contributed by atoms with Crippen LogP contribution in [0.3, 0.4) is 0 Å². The molecule has 3 heterocycles. The van der Waals surface area contributed by atoms with Crippen molar-refractivity contribution < 1.29 is 14.4 Å². The number of carbonyl (C=O) groups is 3. The van der Waals surface area contributed by atoms with Gasteiger partial charge in [-0.3, -0.25) is 14.4 Å². The van der Waals surface area contributed by atoms with Crippen molar-refractivity contribution in [2.45, 2.75) is 46.2 Å². The Hall–Kier alpha value is -3.66. The van der Waals surface area contributed by atoms with E-state index in [4.69, 9.17) is 5.73 Å². The molecule has 0 aliphatic carbocycles. The maximum Gasteiger partial charge on any atom is 0.313 e. The Balaban J connectivity index is 1.58. The summed E-state index contributed by atoms with van der Waals surface area (Å²) in [5.41, 5.74) is 9.14. The van der Waals surface area contributed by atoms with E-state index in [-0.39, 0.29) is 24.4 Å². The Morgan fingerprint density at radius 3 is 2.33 bits per heavy atom. The number of pyridine rings is 1. The van der Waals surface area contributed by atoms with Crippen molar-refractivity contribution in [2.75, 3.05) is 62.3 Å². The summed E-state index contributed by atoms with van der Waals surface area (Å²) in [5, 5.41) is 2.70. The number of nitrogens with two attached hydrogens (primary N) is 1. The van der Waals surface area contributed by atoms with Crippen molar-refractivity contribution in [3.8, 4) is 0 Å². The highest BCUT2D eigenvalue weighted by Gasteiger charge is 2.40. The summed E-state index contributed by atoms with van der Waals surface area (Å²) >= 11 is 0. The zero-order valence-corrected chi connectivity index (χ0v) is 23.7. The molecule has 0 radical (unpaired) electrons. The molecule has 3 amide bonds. The maximum absolute atomic E-state index is 13.6. The molecule has 4 rings (SSSR count). The van der Waals surface area contributed by atoms with Crippen LogP contribution in [0.1, 0.15) is 44.9 Å². The molecular weight excluding hydrogens is 494 g/mol. The van der Waals surface area contributed by atoms with Gasteiger partial charge in [-0.15, -0.1) is 0 Å². The van der Waals surface area contributed by atoms with Crippen LogP contribution in [0.2, 0.25) is 0 Å². The third kappa shape index (κ3) is 6.33. The first-order chi connectivity index (χ1) is 18.6. The fourth-order valence-corrected chi connectivity index (χ4v) is 5.28. The van der Waals surface area contributed by atoms with Gasteiger partial charge in [-0.25, -0.2) is 4.98 Å². The maximum atomic E-state index is 13.6. The lowest BCUT2D eigenvalue weighted by molar-refractivity contribution is -0.152. The molecule has 39 heavy (non-hydrogen) atoms. The van der Waals surface area contributed by atoms with Crippen molar-refractivity contribution in [1.82, 2.24) is 19.7 Å². The smallest absolute Gasteiger partial charge is 0.313 e. The fourth-order valence-electron chi connectivity index (χ4n) is 5.28. The van der Waals surface area contributed by atoms with E-state index in [1.165, 1.54) is 6.20 Å². The van der Waals surface area contributed by atoms with Gasteiger partial charge in [0, 0.05) is 56.9 Å². The standard InChI is InChI=1S/C29H41N7O3/c1-6-21-15-23(16-31-26(21)30)32-27(37)29(39)36-17-20(4)35(28(38)19(2)3)18-25(36)22-7-9-24(10-8-22)34-13-11-33(5)12-14-34/h7-10,15-16,19-20,25H,6,11-14,17-18H2,1-5H3,(H2,30,31)(H,32,37)/t20-,25-/m1/s1. The van der Waals surface area contributed by atoms with Crippen molar-refractivity contribution >= 4 is 34.9 Å². The SMILES string of the molecule is CCc1cc(NC(=O)C(=O)N2C[C@@H](C)N(C(=O)C(C)C)C[C@@H]2c2ccc(N3CCN(C)CC3)cc2)cnc1N. The number of carbonyl (C=O) groups excluding carboxylic acids is 3. The molecule has 10 nitrogen and oxygen atoms in total. The highest BCUT2D eigenvalue weighted by Crippen LogP contribution is 2.31. The number of nitrogens with one attached hydrogen (secondary N) is 1. The summed E-state index contributed by atoms with van der Waals surface area (Å²) < 4.78 is 0. The predicted molar refractivity (Wildman–Crippen MR) is 153 cm³/mol. The molecule has 3 N–H and O–H groups in total. The summed E-state index contributed by atoms with van der Waals surface area (Å²) in [6.07, 6.45) is 2.11. The number of amides is 3. The number of benzene rings is 1. The summed E-state index contributed by atoms with van der Waals surface area (Å²) in [4.78, 5) is 52.0. The summed E-state index contributed by atoms with van der Waals surface area (Å²) in [6.45, 7) is 12.1. The Labute approximate surface area is 231 Å². The average molecular weight is 536 g/mol. The Bertz CT molecular complexity index is 1190. The van der Waals surface area contributed by atoms with Crippen molar-refractivity contribution in [2.24, 2.45) is 5.92 Å². The first-order valence-corrected chi connectivity index (χ1v) is 13.8. The molecule has 0 spiro atoms. The Morgan fingerprint density at radius 2 is 1.72 bits per heavy atom. The summed E-state index contributed by atoms with van der Waals surface area (Å²) in [5.74, 6) is -1.09. The van der Waals surface area contributed by atoms with Crippen LogP contribution in [0.5, 0.6) is 0 Å². The largest absolute Gasteiger partial charge is 0.383 e. The van der Waals surface area contributed by atoms with E-state index in [1.807, 2.05) is 44.7 Å². The molecule has 10 heteroatoms.